The molecule has 0 saturated carbocycles. The van der Waals surface area contributed by atoms with Crippen molar-refractivity contribution in [2.24, 2.45) is 0 Å². The molecule has 2 heterocycles. The van der Waals surface area contributed by atoms with Crippen LogP contribution in [0.25, 0.3) is 0 Å². The molecule has 19 heavy (non-hydrogen) atoms. The Hall–Kier alpha value is -1.53. The van der Waals surface area contributed by atoms with E-state index in [-0.39, 0.29) is 0 Å². The summed E-state index contributed by atoms with van der Waals surface area (Å²) in [5, 5.41) is 9.19. The standard InChI is InChI=1S/C16H21N3/c17-13-14-5-1-2-6-16(14)19-11-7-15(8-12-19)18-9-3-4-10-18/h1-2,5-6,15H,3-4,7-12H2. The quantitative estimate of drug-likeness (QED) is 0.814. The molecule has 3 nitrogen and oxygen atoms in total. The Morgan fingerprint density at radius 3 is 2.37 bits per heavy atom. The van der Waals surface area contributed by atoms with Crippen LogP contribution in [0, 0.1) is 11.3 Å². The lowest BCUT2D eigenvalue weighted by Gasteiger charge is -2.38. The molecule has 0 atom stereocenters. The van der Waals surface area contributed by atoms with Gasteiger partial charge in [0.2, 0.25) is 0 Å². The number of rotatable bonds is 2. The molecule has 0 spiro atoms. The average molecular weight is 255 g/mol. The molecule has 2 saturated heterocycles. The highest BCUT2D eigenvalue weighted by molar-refractivity contribution is 5.59. The summed E-state index contributed by atoms with van der Waals surface area (Å²) in [6.07, 6.45) is 5.22. The molecule has 1 aromatic carbocycles. The van der Waals surface area contributed by atoms with Gasteiger partial charge in [0, 0.05) is 19.1 Å². The molecule has 0 amide bonds. The third-order valence-corrected chi connectivity index (χ3v) is 4.49. The molecule has 0 bridgehead atoms. The van der Waals surface area contributed by atoms with Gasteiger partial charge >= 0.3 is 0 Å². The van der Waals surface area contributed by atoms with Crippen LogP contribution in [0.4, 0.5) is 5.69 Å². The SMILES string of the molecule is N#Cc1ccccc1N1CCC(N2CCCC2)CC1. The van der Waals surface area contributed by atoms with Crippen molar-refractivity contribution in [3.05, 3.63) is 29.8 Å². The molecular weight excluding hydrogens is 234 g/mol. The van der Waals surface area contributed by atoms with Gasteiger partial charge in [0.05, 0.1) is 11.3 Å². The lowest BCUT2D eigenvalue weighted by atomic mass is 10.0. The number of nitrogens with zero attached hydrogens (tertiary/aromatic N) is 3. The summed E-state index contributed by atoms with van der Waals surface area (Å²) in [7, 11) is 0. The summed E-state index contributed by atoms with van der Waals surface area (Å²) in [5.41, 5.74) is 1.92. The molecule has 0 aromatic heterocycles. The molecule has 0 aliphatic carbocycles. The first-order chi connectivity index (χ1) is 9.38. The summed E-state index contributed by atoms with van der Waals surface area (Å²) in [6, 6.07) is 11.0. The highest BCUT2D eigenvalue weighted by Crippen LogP contribution is 2.26. The lowest BCUT2D eigenvalue weighted by Crippen LogP contribution is -2.44. The van der Waals surface area contributed by atoms with Gasteiger partial charge in [-0.2, -0.15) is 5.26 Å². The molecule has 100 valence electrons. The van der Waals surface area contributed by atoms with Crippen LogP contribution in [-0.4, -0.2) is 37.1 Å². The second-order valence-electron chi connectivity index (χ2n) is 5.59. The maximum Gasteiger partial charge on any atom is 0.101 e. The Morgan fingerprint density at radius 2 is 1.68 bits per heavy atom. The molecule has 0 N–H and O–H groups in total. The fraction of sp³-hybridized carbons (Fsp3) is 0.562. The summed E-state index contributed by atoms with van der Waals surface area (Å²) >= 11 is 0. The predicted molar refractivity (Wildman–Crippen MR) is 77.2 cm³/mol. The van der Waals surface area contributed by atoms with E-state index in [0.29, 0.717) is 0 Å². The Kier molecular flexibility index (Phi) is 3.70. The summed E-state index contributed by atoms with van der Waals surface area (Å²) in [4.78, 5) is 5.04. The second-order valence-corrected chi connectivity index (χ2v) is 5.59. The van der Waals surface area contributed by atoms with E-state index in [4.69, 9.17) is 0 Å². The van der Waals surface area contributed by atoms with E-state index in [1.165, 1.54) is 38.8 Å². The monoisotopic (exact) mass is 255 g/mol. The molecule has 2 fully saturated rings. The van der Waals surface area contributed by atoms with E-state index >= 15 is 0 Å². The van der Waals surface area contributed by atoms with Crippen LogP contribution >= 0.6 is 0 Å². The fourth-order valence-corrected chi connectivity index (χ4v) is 3.42. The lowest BCUT2D eigenvalue weighted by molar-refractivity contribution is 0.208. The molecule has 3 heteroatoms. The van der Waals surface area contributed by atoms with Gasteiger partial charge in [-0.05, 0) is 50.9 Å². The smallest absolute Gasteiger partial charge is 0.101 e. The Bertz CT molecular complexity index is 463. The number of piperidine rings is 1. The van der Waals surface area contributed by atoms with Crippen LogP contribution in [0.1, 0.15) is 31.2 Å². The minimum atomic E-state index is 0.771. The number of nitriles is 1. The highest BCUT2D eigenvalue weighted by Gasteiger charge is 2.26. The van der Waals surface area contributed by atoms with Gasteiger partial charge in [0.15, 0.2) is 0 Å². The highest BCUT2D eigenvalue weighted by atomic mass is 15.2. The molecule has 2 aliphatic rings. The fourth-order valence-electron chi connectivity index (χ4n) is 3.42. The maximum absolute atomic E-state index is 9.19. The van der Waals surface area contributed by atoms with Crippen molar-refractivity contribution < 1.29 is 0 Å². The van der Waals surface area contributed by atoms with Crippen LogP contribution in [0.15, 0.2) is 24.3 Å². The largest absolute Gasteiger partial charge is 0.370 e. The number of hydrogen-bond donors (Lipinski definition) is 0. The molecular formula is C16H21N3. The Morgan fingerprint density at radius 1 is 1.00 bits per heavy atom. The third-order valence-electron chi connectivity index (χ3n) is 4.49. The second kappa shape index (κ2) is 5.63. The summed E-state index contributed by atoms with van der Waals surface area (Å²) < 4.78 is 0. The van der Waals surface area contributed by atoms with Crippen molar-refractivity contribution in [1.29, 1.82) is 5.26 Å². The van der Waals surface area contributed by atoms with Crippen molar-refractivity contribution in [3.63, 3.8) is 0 Å². The predicted octanol–water partition coefficient (Wildman–Crippen LogP) is 2.62. The van der Waals surface area contributed by atoms with E-state index in [1.54, 1.807) is 0 Å². The number of likely N-dealkylation sites (tertiary alicyclic amines) is 1. The summed E-state index contributed by atoms with van der Waals surface area (Å²) in [5.74, 6) is 0. The Labute approximate surface area is 115 Å². The van der Waals surface area contributed by atoms with Crippen LogP contribution in [0.3, 0.4) is 0 Å². The zero-order chi connectivity index (χ0) is 13.1. The van der Waals surface area contributed by atoms with Crippen LogP contribution in [-0.2, 0) is 0 Å². The van der Waals surface area contributed by atoms with E-state index in [1.807, 2.05) is 18.2 Å². The topological polar surface area (TPSA) is 30.3 Å². The van der Waals surface area contributed by atoms with Gasteiger partial charge in [0.1, 0.15) is 6.07 Å². The molecule has 0 radical (unpaired) electrons. The molecule has 3 rings (SSSR count). The first-order valence-corrected chi connectivity index (χ1v) is 7.36. The average Bonchev–Trinajstić information content (AvgIpc) is 3.02. The van der Waals surface area contributed by atoms with E-state index < -0.39 is 0 Å². The maximum atomic E-state index is 9.19. The number of para-hydroxylation sites is 1. The van der Waals surface area contributed by atoms with Gasteiger partial charge < -0.3 is 9.80 Å². The van der Waals surface area contributed by atoms with Crippen LogP contribution in [0.2, 0.25) is 0 Å². The van der Waals surface area contributed by atoms with E-state index in [2.05, 4.69) is 21.9 Å². The number of benzene rings is 1. The van der Waals surface area contributed by atoms with E-state index in [0.717, 1.165) is 30.4 Å². The van der Waals surface area contributed by atoms with Crippen molar-refractivity contribution >= 4 is 5.69 Å². The van der Waals surface area contributed by atoms with Crippen LogP contribution in [0.5, 0.6) is 0 Å². The zero-order valence-electron chi connectivity index (χ0n) is 11.4. The first kappa shape index (κ1) is 12.5. The van der Waals surface area contributed by atoms with Gasteiger partial charge in [-0.1, -0.05) is 12.1 Å². The third kappa shape index (κ3) is 2.59. The van der Waals surface area contributed by atoms with Crippen molar-refractivity contribution in [2.75, 3.05) is 31.1 Å². The van der Waals surface area contributed by atoms with Crippen molar-refractivity contribution in [1.82, 2.24) is 4.90 Å². The number of hydrogen-bond acceptors (Lipinski definition) is 3. The molecule has 2 aliphatic heterocycles. The minimum absolute atomic E-state index is 0.771. The normalized spacial score (nSPS) is 21.5. The molecule has 1 aromatic rings. The van der Waals surface area contributed by atoms with Crippen molar-refractivity contribution in [2.45, 2.75) is 31.7 Å². The van der Waals surface area contributed by atoms with Crippen LogP contribution < -0.4 is 4.90 Å². The van der Waals surface area contributed by atoms with Gasteiger partial charge in [-0.25, -0.2) is 0 Å². The first-order valence-electron chi connectivity index (χ1n) is 7.36. The number of anilines is 1. The van der Waals surface area contributed by atoms with Gasteiger partial charge in [-0.3, -0.25) is 0 Å². The summed E-state index contributed by atoms with van der Waals surface area (Å²) in [6.45, 7) is 4.75. The van der Waals surface area contributed by atoms with Gasteiger partial charge in [0.25, 0.3) is 0 Å². The van der Waals surface area contributed by atoms with Crippen molar-refractivity contribution in [3.8, 4) is 6.07 Å². The molecule has 0 unspecified atom stereocenters. The minimum Gasteiger partial charge on any atom is -0.370 e. The zero-order valence-corrected chi connectivity index (χ0v) is 11.4. The Balaban J connectivity index is 1.65. The van der Waals surface area contributed by atoms with E-state index in [9.17, 15) is 5.26 Å². The van der Waals surface area contributed by atoms with Gasteiger partial charge in [-0.15, -0.1) is 0 Å².